The van der Waals surface area contributed by atoms with Gasteiger partial charge in [0.25, 0.3) is 5.91 Å². The summed E-state index contributed by atoms with van der Waals surface area (Å²) in [6.07, 6.45) is 1.58. The van der Waals surface area contributed by atoms with E-state index in [-0.39, 0.29) is 25.6 Å². The average Bonchev–Trinajstić information content (AvgIpc) is 2.47. The van der Waals surface area contributed by atoms with Gasteiger partial charge in [-0.15, -0.1) is 6.58 Å². The van der Waals surface area contributed by atoms with Crippen molar-refractivity contribution in [1.82, 2.24) is 4.90 Å². The number of benzene rings is 1. The molecule has 21 heavy (non-hydrogen) atoms. The van der Waals surface area contributed by atoms with Crippen LogP contribution in [0.4, 0.5) is 0 Å². The molecular formula is C16H21NO4. The lowest BCUT2D eigenvalue weighted by atomic mass is 10.1. The zero-order chi connectivity index (χ0) is 15.7. The Balaban J connectivity index is 2.94. The second kappa shape index (κ2) is 8.92. The van der Waals surface area contributed by atoms with Crippen molar-refractivity contribution in [2.24, 2.45) is 0 Å². The molecule has 1 rings (SSSR count). The van der Waals surface area contributed by atoms with E-state index in [1.807, 2.05) is 12.1 Å². The van der Waals surface area contributed by atoms with Crippen LogP contribution < -0.4 is 0 Å². The second-order valence-corrected chi connectivity index (χ2v) is 4.37. The summed E-state index contributed by atoms with van der Waals surface area (Å²) in [4.78, 5) is 25.6. The summed E-state index contributed by atoms with van der Waals surface area (Å²) in [5.74, 6) is -0.674. The summed E-state index contributed by atoms with van der Waals surface area (Å²) in [5, 5.41) is 0. The third-order valence-electron chi connectivity index (χ3n) is 2.81. The van der Waals surface area contributed by atoms with Gasteiger partial charge in [0.2, 0.25) is 0 Å². The molecule has 0 aliphatic carbocycles. The molecule has 0 unspecified atom stereocenters. The summed E-state index contributed by atoms with van der Waals surface area (Å²) in [5.41, 5.74) is 1.30. The van der Waals surface area contributed by atoms with Gasteiger partial charge in [-0.25, -0.2) is 0 Å². The normalized spacial score (nSPS) is 10.0. The third kappa shape index (κ3) is 5.04. The first kappa shape index (κ1) is 16.9. The minimum atomic E-state index is -0.433. The van der Waals surface area contributed by atoms with Crippen LogP contribution >= 0.6 is 0 Å². The van der Waals surface area contributed by atoms with Crippen molar-refractivity contribution in [3.8, 4) is 0 Å². The largest absolute Gasteiger partial charge is 0.465 e. The van der Waals surface area contributed by atoms with Crippen LogP contribution in [0.25, 0.3) is 0 Å². The van der Waals surface area contributed by atoms with Crippen LogP contribution in [0.3, 0.4) is 0 Å². The molecule has 0 saturated carbocycles. The van der Waals surface area contributed by atoms with E-state index in [0.717, 1.165) is 5.56 Å². The monoisotopic (exact) mass is 291 g/mol. The Morgan fingerprint density at radius 3 is 2.67 bits per heavy atom. The minimum absolute atomic E-state index is 0.0972. The van der Waals surface area contributed by atoms with E-state index in [2.05, 4.69) is 6.58 Å². The van der Waals surface area contributed by atoms with Crippen molar-refractivity contribution < 1.29 is 19.1 Å². The zero-order valence-corrected chi connectivity index (χ0v) is 12.5. The average molecular weight is 291 g/mol. The molecule has 0 atom stereocenters. The van der Waals surface area contributed by atoms with Crippen LogP contribution in [0.15, 0.2) is 36.9 Å². The van der Waals surface area contributed by atoms with E-state index in [1.165, 1.54) is 4.90 Å². The predicted molar refractivity (Wildman–Crippen MR) is 79.9 cm³/mol. The van der Waals surface area contributed by atoms with E-state index in [1.54, 1.807) is 32.2 Å². The lowest BCUT2D eigenvalue weighted by Gasteiger charge is -2.21. The molecule has 0 heterocycles. The number of nitrogens with zero attached hydrogens (tertiary/aromatic N) is 1. The Hall–Kier alpha value is -2.14. The molecule has 0 fully saturated rings. The number of rotatable bonds is 8. The lowest BCUT2D eigenvalue weighted by Crippen LogP contribution is -2.37. The van der Waals surface area contributed by atoms with Gasteiger partial charge in [0.15, 0.2) is 0 Å². The van der Waals surface area contributed by atoms with E-state index in [9.17, 15) is 9.59 Å². The predicted octanol–water partition coefficient (Wildman–Crippen LogP) is 2.02. The van der Waals surface area contributed by atoms with Crippen LogP contribution in [0.2, 0.25) is 0 Å². The van der Waals surface area contributed by atoms with Crippen molar-refractivity contribution in [3.63, 3.8) is 0 Å². The lowest BCUT2D eigenvalue weighted by molar-refractivity contribution is -0.143. The summed E-state index contributed by atoms with van der Waals surface area (Å²) in [6, 6.07) is 7.17. The Kier molecular flexibility index (Phi) is 7.18. The molecule has 114 valence electrons. The molecule has 0 aliphatic heterocycles. The molecular weight excluding hydrogens is 270 g/mol. The van der Waals surface area contributed by atoms with Crippen molar-refractivity contribution in [3.05, 3.63) is 48.0 Å². The Labute approximate surface area is 125 Å². The van der Waals surface area contributed by atoms with Crippen LogP contribution in [-0.2, 0) is 20.9 Å². The van der Waals surface area contributed by atoms with E-state index < -0.39 is 5.97 Å². The Bertz CT molecular complexity index is 499. The van der Waals surface area contributed by atoms with Gasteiger partial charge in [-0.2, -0.15) is 0 Å². The standard InChI is InChI=1S/C16H21NO4/c1-4-10-17(11-15(18)21-5-2)16(19)14-9-7-6-8-13(14)12-20-3/h4,6-9H,1,5,10-12H2,2-3H3. The molecule has 0 saturated heterocycles. The first-order valence-electron chi connectivity index (χ1n) is 6.76. The maximum atomic E-state index is 12.6. The molecule has 0 spiro atoms. The number of carbonyl (C=O) groups is 2. The number of hydrogen-bond donors (Lipinski definition) is 0. The SMILES string of the molecule is C=CCN(CC(=O)OCC)C(=O)c1ccccc1COC. The van der Waals surface area contributed by atoms with Gasteiger partial charge < -0.3 is 14.4 Å². The first-order chi connectivity index (χ1) is 10.1. The van der Waals surface area contributed by atoms with Crippen LogP contribution in [-0.4, -0.2) is 43.6 Å². The minimum Gasteiger partial charge on any atom is -0.465 e. The fourth-order valence-electron chi connectivity index (χ4n) is 1.92. The van der Waals surface area contributed by atoms with Gasteiger partial charge in [0.05, 0.1) is 13.2 Å². The fraction of sp³-hybridized carbons (Fsp3) is 0.375. The summed E-state index contributed by atoms with van der Waals surface area (Å²) in [6.45, 7) is 6.15. The van der Waals surface area contributed by atoms with Crippen molar-refractivity contribution >= 4 is 11.9 Å². The molecule has 0 bridgehead atoms. The molecule has 0 N–H and O–H groups in total. The Morgan fingerprint density at radius 2 is 2.05 bits per heavy atom. The molecule has 5 nitrogen and oxygen atoms in total. The van der Waals surface area contributed by atoms with Gasteiger partial charge in [-0.1, -0.05) is 24.3 Å². The van der Waals surface area contributed by atoms with E-state index in [4.69, 9.17) is 9.47 Å². The van der Waals surface area contributed by atoms with Gasteiger partial charge in [-0.3, -0.25) is 9.59 Å². The Morgan fingerprint density at radius 1 is 1.33 bits per heavy atom. The summed E-state index contributed by atoms with van der Waals surface area (Å²) < 4.78 is 9.99. The number of methoxy groups -OCH3 is 1. The molecule has 0 radical (unpaired) electrons. The summed E-state index contributed by atoms with van der Waals surface area (Å²) >= 11 is 0. The van der Waals surface area contributed by atoms with Crippen LogP contribution in [0.1, 0.15) is 22.8 Å². The first-order valence-corrected chi connectivity index (χ1v) is 6.76. The van der Waals surface area contributed by atoms with Crippen molar-refractivity contribution in [2.75, 3.05) is 26.8 Å². The molecule has 5 heteroatoms. The molecule has 1 amide bonds. The summed E-state index contributed by atoms with van der Waals surface area (Å²) in [7, 11) is 1.57. The number of amides is 1. The highest BCUT2D eigenvalue weighted by Gasteiger charge is 2.20. The van der Waals surface area contributed by atoms with Crippen LogP contribution in [0.5, 0.6) is 0 Å². The third-order valence-corrected chi connectivity index (χ3v) is 2.81. The maximum Gasteiger partial charge on any atom is 0.325 e. The molecule has 0 aromatic heterocycles. The number of carbonyl (C=O) groups excluding carboxylic acids is 2. The smallest absolute Gasteiger partial charge is 0.325 e. The van der Waals surface area contributed by atoms with Gasteiger partial charge in [0, 0.05) is 19.2 Å². The zero-order valence-electron chi connectivity index (χ0n) is 12.5. The van der Waals surface area contributed by atoms with E-state index in [0.29, 0.717) is 12.2 Å². The highest BCUT2D eigenvalue weighted by Crippen LogP contribution is 2.13. The van der Waals surface area contributed by atoms with Gasteiger partial charge in [-0.05, 0) is 18.6 Å². The fourth-order valence-corrected chi connectivity index (χ4v) is 1.92. The quantitative estimate of drug-likeness (QED) is 0.543. The topological polar surface area (TPSA) is 55.8 Å². The molecule has 0 aliphatic rings. The van der Waals surface area contributed by atoms with Gasteiger partial charge >= 0.3 is 5.97 Å². The number of hydrogen-bond acceptors (Lipinski definition) is 4. The highest BCUT2D eigenvalue weighted by atomic mass is 16.5. The van der Waals surface area contributed by atoms with Crippen molar-refractivity contribution in [1.29, 1.82) is 0 Å². The molecule has 1 aromatic carbocycles. The number of esters is 1. The highest BCUT2D eigenvalue weighted by molar-refractivity contribution is 5.97. The molecule has 1 aromatic rings. The second-order valence-electron chi connectivity index (χ2n) is 4.37. The maximum absolute atomic E-state index is 12.6. The van der Waals surface area contributed by atoms with Crippen LogP contribution in [0, 0.1) is 0 Å². The van der Waals surface area contributed by atoms with Crippen molar-refractivity contribution in [2.45, 2.75) is 13.5 Å². The van der Waals surface area contributed by atoms with Gasteiger partial charge in [0.1, 0.15) is 6.54 Å². The number of ether oxygens (including phenoxy) is 2. The van der Waals surface area contributed by atoms with E-state index >= 15 is 0 Å².